The highest BCUT2D eigenvalue weighted by Crippen LogP contribution is 2.24. The first-order valence-corrected chi connectivity index (χ1v) is 8.91. The van der Waals surface area contributed by atoms with E-state index in [1.165, 1.54) is 6.08 Å². The molecule has 0 unspecified atom stereocenters. The Morgan fingerprint density at radius 1 is 1.14 bits per heavy atom. The molecule has 0 saturated carbocycles. The second-order valence-electron chi connectivity index (χ2n) is 6.20. The van der Waals surface area contributed by atoms with Crippen LogP contribution >= 0.6 is 11.6 Å². The van der Waals surface area contributed by atoms with Gasteiger partial charge in [-0.05, 0) is 43.3 Å². The molecule has 0 atom stereocenters. The summed E-state index contributed by atoms with van der Waals surface area (Å²) in [4.78, 5) is 28.9. The summed E-state index contributed by atoms with van der Waals surface area (Å²) in [6.45, 7) is 1.83. The third-order valence-electron chi connectivity index (χ3n) is 4.23. The Bertz CT molecular complexity index is 1250. The number of hydrogen-bond donors (Lipinski definition) is 3. The van der Waals surface area contributed by atoms with Gasteiger partial charge in [0.1, 0.15) is 5.15 Å². The Kier molecular flexibility index (Phi) is 4.58. The maximum absolute atomic E-state index is 12.3. The van der Waals surface area contributed by atoms with Crippen LogP contribution in [0.5, 0.6) is 0 Å². The van der Waals surface area contributed by atoms with Gasteiger partial charge in [-0.25, -0.2) is 9.48 Å². The fraction of sp³-hybridized carbons (Fsp3) is 0.0500. The van der Waals surface area contributed by atoms with Crippen LogP contribution in [0.2, 0.25) is 5.15 Å². The normalized spacial score (nSPS) is 11.4. The van der Waals surface area contributed by atoms with E-state index < -0.39 is 0 Å². The van der Waals surface area contributed by atoms with Crippen LogP contribution in [0.4, 0.5) is 5.69 Å². The Labute approximate surface area is 164 Å². The number of imidazole rings is 1. The van der Waals surface area contributed by atoms with Crippen LogP contribution in [0.15, 0.2) is 59.4 Å². The molecule has 0 saturated heterocycles. The van der Waals surface area contributed by atoms with Gasteiger partial charge in [0.15, 0.2) is 0 Å². The van der Waals surface area contributed by atoms with Crippen molar-refractivity contribution in [3.05, 3.63) is 81.5 Å². The lowest BCUT2D eigenvalue weighted by Gasteiger charge is -2.02. The highest BCUT2D eigenvalue weighted by Gasteiger charge is 2.12. The maximum Gasteiger partial charge on any atom is 0.323 e. The molecule has 3 N–H and O–H groups in total. The molecule has 0 aliphatic heterocycles. The molecular formula is C20H16ClN5O2. The van der Waals surface area contributed by atoms with Crippen LogP contribution in [0.3, 0.4) is 0 Å². The number of aromatic nitrogens is 4. The summed E-state index contributed by atoms with van der Waals surface area (Å²) in [6.07, 6.45) is 3.03. The van der Waals surface area contributed by atoms with Gasteiger partial charge in [0.05, 0.1) is 22.4 Å². The first-order valence-electron chi connectivity index (χ1n) is 8.53. The number of hydrogen-bond acceptors (Lipinski definition) is 3. The number of H-pyrrole nitrogens is 2. The second kappa shape index (κ2) is 7.21. The van der Waals surface area contributed by atoms with E-state index in [0.29, 0.717) is 33.1 Å². The van der Waals surface area contributed by atoms with Crippen LogP contribution in [-0.2, 0) is 4.79 Å². The molecule has 8 heteroatoms. The summed E-state index contributed by atoms with van der Waals surface area (Å²) in [6, 6.07) is 14.6. The summed E-state index contributed by atoms with van der Waals surface area (Å²) in [7, 11) is 0. The molecule has 0 aliphatic carbocycles. The van der Waals surface area contributed by atoms with E-state index in [2.05, 4.69) is 20.4 Å². The third-order valence-corrected chi connectivity index (χ3v) is 4.60. The first-order chi connectivity index (χ1) is 13.5. The molecule has 0 bridgehead atoms. The zero-order chi connectivity index (χ0) is 19.7. The summed E-state index contributed by atoms with van der Waals surface area (Å²) < 4.78 is 1.63. The minimum Gasteiger partial charge on any atom is -0.322 e. The minimum absolute atomic E-state index is 0.293. The van der Waals surface area contributed by atoms with Crippen molar-refractivity contribution in [1.82, 2.24) is 19.7 Å². The van der Waals surface area contributed by atoms with E-state index in [0.717, 1.165) is 5.69 Å². The summed E-state index contributed by atoms with van der Waals surface area (Å²) in [5.74, 6) is -0.319. The van der Waals surface area contributed by atoms with E-state index in [4.69, 9.17) is 11.6 Å². The number of halogens is 1. The van der Waals surface area contributed by atoms with Crippen LogP contribution in [-0.4, -0.2) is 25.7 Å². The van der Waals surface area contributed by atoms with Crippen molar-refractivity contribution in [3.8, 4) is 5.69 Å². The highest BCUT2D eigenvalue weighted by molar-refractivity contribution is 6.31. The van der Waals surface area contributed by atoms with E-state index in [1.807, 2.05) is 37.3 Å². The van der Waals surface area contributed by atoms with Gasteiger partial charge in [0.2, 0.25) is 5.91 Å². The smallest absolute Gasteiger partial charge is 0.322 e. The molecule has 1 amide bonds. The summed E-state index contributed by atoms with van der Waals surface area (Å²) in [5.41, 5.74) is 3.80. The quantitative estimate of drug-likeness (QED) is 0.462. The lowest BCUT2D eigenvalue weighted by atomic mass is 10.2. The zero-order valence-electron chi connectivity index (χ0n) is 14.9. The molecule has 140 valence electrons. The number of amides is 1. The zero-order valence-corrected chi connectivity index (χ0v) is 15.6. The number of carbonyl (C=O) groups excluding carboxylic acids is 1. The molecule has 0 spiro atoms. The summed E-state index contributed by atoms with van der Waals surface area (Å²) >= 11 is 6.46. The molecule has 4 rings (SSSR count). The Hall–Kier alpha value is -3.58. The molecule has 7 nitrogen and oxygen atoms in total. The second-order valence-corrected chi connectivity index (χ2v) is 6.56. The Balaban J connectivity index is 1.54. The number of aromatic amines is 2. The number of rotatable bonds is 4. The largest absolute Gasteiger partial charge is 0.323 e. The fourth-order valence-corrected chi connectivity index (χ4v) is 3.23. The van der Waals surface area contributed by atoms with Gasteiger partial charge in [0.25, 0.3) is 0 Å². The average Bonchev–Trinajstić information content (AvgIpc) is 3.19. The van der Waals surface area contributed by atoms with Gasteiger partial charge in [-0.1, -0.05) is 29.8 Å². The topological polar surface area (TPSA) is 95.6 Å². The maximum atomic E-state index is 12.3. The van der Waals surface area contributed by atoms with Gasteiger partial charge in [-0.3, -0.25) is 4.79 Å². The van der Waals surface area contributed by atoms with Crippen molar-refractivity contribution in [2.45, 2.75) is 6.92 Å². The van der Waals surface area contributed by atoms with Crippen molar-refractivity contribution < 1.29 is 4.79 Å². The van der Waals surface area contributed by atoms with Crippen molar-refractivity contribution in [2.75, 3.05) is 5.32 Å². The van der Waals surface area contributed by atoms with Crippen molar-refractivity contribution >= 4 is 40.3 Å². The summed E-state index contributed by atoms with van der Waals surface area (Å²) in [5, 5.41) is 7.63. The predicted molar refractivity (Wildman–Crippen MR) is 110 cm³/mol. The molecule has 4 aromatic rings. The van der Waals surface area contributed by atoms with Crippen molar-refractivity contribution in [2.24, 2.45) is 0 Å². The van der Waals surface area contributed by atoms with Crippen LogP contribution < -0.4 is 11.0 Å². The highest BCUT2D eigenvalue weighted by atomic mass is 35.5. The Morgan fingerprint density at radius 3 is 2.68 bits per heavy atom. The molecule has 28 heavy (non-hydrogen) atoms. The lowest BCUT2D eigenvalue weighted by molar-refractivity contribution is -0.111. The Morgan fingerprint density at radius 2 is 1.89 bits per heavy atom. The van der Waals surface area contributed by atoms with Crippen LogP contribution in [0.1, 0.15) is 11.3 Å². The SMILES string of the molecule is Cc1nn(-c2ccccc2)c(Cl)c1/C=C/C(=O)Nc1ccc2[nH]c(=O)[nH]c2c1. The molecule has 0 radical (unpaired) electrons. The number of nitrogens with one attached hydrogen (secondary N) is 3. The fourth-order valence-electron chi connectivity index (χ4n) is 2.89. The lowest BCUT2D eigenvalue weighted by Crippen LogP contribution is -2.07. The number of anilines is 1. The average molecular weight is 394 g/mol. The number of fused-ring (bicyclic) bond motifs is 1. The number of benzene rings is 2. The first kappa shape index (κ1) is 17.8. The van der Waals surface area contributed by atoms with E-state index >= 15 is 0 Å². The van der Waals surface area contributed by atoms with Gasteiger partial charge >= 0.3 is 5.69 Å². The van der Waals surface area contributed by atoms with Crippen LogP contribution in [0, 0.1) is 6.92 Å². The minimum atomic E-state index is -0.319. The standard InChI is InChI=1S/C20H16ClN5O2/c1-12-15(19(21)26(25-12)14-5-3-2-4-6-14)8-10-18(27)22-13-7-9-16-17(11-13)24-20(28)23-16/h2-11H,1H3,(H,22,27)(H2,23,24,28)/b10-8+. The van der Waals surface area contributed by atoms with E-state index in [1.54, 1.807) is 29.0 Å². The van der Waals surface area contributed by atoms with Crippen molar-refractivity contribution in [3.63, 3.8) is 0 Å². The molecular weight excluding hydrogens is 378 g/mol. The van der Waals surface area contributed by atoms with Gasteiger partial charge in [-0.15, -0.1) is 0 Å². The molecule has 2 aromatic carbocycles. The number of para-hydroxylation sites is 1. The molecule has 2 heterocycles. The monoisotopic (exact) mass is 393 g/mol. The van der Waals surface area contributed by atoms with E-state index in [9.17, 15) is 9.59 Å². The molecule has 2 aromatic heterocycles. The van der Waals surface area contributed by atoms with Gasteiger partial charge in [0, 0.05) is 17.3 Å². The predicted octanol–water partition coefficient (Wildman–Crippen LogP) is 3.66. The number of nitrogens with zero attached hydrogens (tertiary/aromatic N) is 2. The molecule has 0 aliphatic rings. The van der Waals surface area contributed by atoms with Gasteiger partial charge < -0.3 is 15.3 Å². The molecule has 0 fully saturated rings. The van der Waals surface area contributed by atoms with Crippen LogP contribution in [0.25, 0.3) is 22.8 Å². The number of carbonyl (C=O) groups is 1. The van der Waals surface area contributed by atoms with E-state index in [-0.39, 0.29) is 11.6 Å². The van der Waals surface area contributed by atoms with Gasteiger partial charge in [-0.2, -0.15) is 5.10 Å². The number of aryl methyl sites for hydroxylation is 1. The van der Waals surface area contributed by atoms with Crippen molar-refractivity contribution in [1.29, 1.82) is 0 Å². The third kappa shape index (κ3) is 3.47.